The third-order valence-corrected chi connectivity index (χ3v) is 4.31. The predicted molar refractivity (Wildman–Crippen MR) is 120 cm³/mol. The van der Waals surface area contributed by atoms with E-state index in [4.69, 9.17) is 14.2 Å². The van der Waals surface area contributed by atoms with Crippen molar-refractivity contribution < 1.29 is 19.0 Å². The lowest BCUT2D eigenvalue weighted by atomic mass is 10.2. The Balaban J connectivity index is 1.94. The lowest BCUT2D eigenvalue weighted by Crippen LogP contribution is -2.34. The number of benzene rings is 1. The average molecular weight is 421 g/mol. The fourth-order valence-corrected chi connectivity index (χ4v) is 2.71. The van der Waals surface area contributed by atoms with Crippen LogP contribution in [0.25, 0.3) is 0 Å². The third-order valence-electron chi connectivity index (χ3n) is 4.31. The molecule has 0 radical (unpaired) electrons. The van der Waals surface area contributed by atoms with Crippen molar-refractivity contribution in [1.29, 1.82) is 0 Å². The lowest BCUT2D eigenvalue weighted by Gasteiger charge is -2.15. The summed E-state index contributed by atoms with van der Waals surface area (Å²) in [6.07, 6.45) is 2.09. The SMILES string of the molecule is CC(C)COCCCN=C(NCCC(=O)N(C)C)Nc1ccc2c(c1)OCCCO2. The number of rotatable bonds is 10. The monoisotopic (exact) mass is 420 g/mol. The second-order valence-electron chi connectivity index (χ2n) is 7.85. The van der Waals surface area contributed by atoms with Gasteiger partial charge in [0.2, 0.25) is 5.91 Å². The van der Waals surface area contributed by atoms with Gasteiger partial charge in [0.15, 0.2) is 17.5 Å². The molecular formula is C22H36N4O4. The molecule has 1 aromatic rings. The van der Waals surface area contributed by atoms with E-state index in [-0.39, 0.29) is 5.91 Å². The van der Waals surface area contributed by atoms with Gasteiger partial charge < -0.3 is 29.7 Å². The molecule has 1 aliphatic heterocycles. The number of hydrogen-bond donors (Lipinski definition) is 2. The van der Waals surface area contributed by atoms with E-state index >= 15 is 0 Å². The van der Waals surface area contributed by atoms with Crippen molar-refractivity contribution in [2.75, 3.05) is 58.9 Å². The van der Waals surface area contributed by atoms with Gasteiger partial charge in [-0.2, -0.15) is 0 Å². The maximum Gasteiger partial charge on any atom is 0.223 e. The topological polar surface area (TPSA) is 84.4 Å². The van der Waals surface area contributed by atoms with Crippen LogP contribution in [0.4, 0.5) is 5.69 Å². The highest BCUT2D eigenvalue weighted by molar-refractivity contribution is 5.94. The van der Waals surface area contributed by atoms with E-state index in [9.17, 15) is 4.79 Å². The largest absolute Gasteiger partial charge is 0.490 e. The zero-order chi connectivity index (χ0) is 21.8. The number of amides is 1. The highest BCUT2D eigenvalue weighted by Crippen LogP contribution is 2.32. The number of anilines is 1. The van der Waals surface area contributed by atoms with Gasteiger partial charge in [-0.25, -0.2) is 0 Å². The number of carbonyl (C=O) groups excluding carboxylic acids is 1. The van der Waals surface area contributed by atoms with Crippen LogP contribution in [0.2, 0.25) is 0 Å². The molecule has 0 spiro atoms. The van der Waals surface area contributed by atoms with E-state index in [0.29, 0.717) is 51.2 Å². The fourth-order valence-electron chi connectivity index (χ4n) is 2.71. The number of aliphatic imine (C=N–C) groups is 1. The second-order valence-corrected chi connectivity index (χ2v) is 7.85. The first-order valence-corrected chi connectivity index (χ1v) is 10.7. The Morgan fingerprint density at radius 1 is 1.23 bits per heavy atom. The first-order chi connectivity index (χ1) is 14.5. The van der Waals surface area contributed by atoms with Crippen molar-refractivity contribution >= 4 is 17.6 Å². The molecule has 8 heteroatoms. The number of hydrogen-bond acceptors (Lipinski definition) is 5. The van der Waals surface area contributed by atoms with Crippen LogP contribution in [0.3, 0.4) is 0 Å². The Morgan fingerprint density at radius 3 is 2.73 bits per heavy atom. The fraction of sp³-hybridized carbons (Fsp3) is 0.636. The maximum absolute atomic E-state index is 11.8. The van der Waals surface area contributed by atoms with E-state index in [0.717, 1.165) is 36.6 Å². The molecule has 1 amide bonds. The summed E-state index contributed by atoms with van der Waals surface area (Å²) in [6.45, 7) is 8.13. The number of guanidine groups is 1. The molecule has 30 heavy (non-hydrogen) atoms. The minimum atomic E-state index is 0.0690. The Morgan fingerprint density at radius 2 is 2.00 bits per heavy atom. The summed E-state index contributed by atoms with van der Waals surface area (Å²) in [7, 11) is 3.51. The Hall–Kier alpha value is -2.48. The normalized spacial score (nSPS) is 13.7. The number of fused-ring (bicyclic) bond motifs is 1. The van der Waals surface area contributed by atoms with Gasteiger partial charge in [-0.1, -0.05) is 13.8 Å². The van der Waals surface area contributed by atoms with Gasteiger partial charge in [0, 0.05) is 65.0 Å². The van der Waals surface area contributed by atoms with Crippen LogP contribution in [0.1, 0.15) is 33.1 Å². The molecule has 2 rings (SSSR count). The second kappa shape index (κ2) is 13.0. The maximum atomic E-state index is 11.8. The molecular weight excluding hydrogens is 384 g/mol. The zero-order valence-corrected chi connectivity index (χ0v) is 18.7. The molecule has 168 valence electrons. The van der Waals surface area contributed by atoms with Crippen LogP contribution in [0, 0.1) is 5.92 Å². The van der Waals surface area contributed by atoms with Gasteiger partial charge in [-0.15, -0.1) is 0 Å². The minimum Gasteiger partial charge on any atom is -0.490 e. The van der Waals surface area contributed by atoms with Gasteiger partial charge in [-0.3, -0.25) is 9.79 Å². The summed E-state index contributed by atoms with van der Waals surface area (Å²) in [4.78, 5) is 18.1. The van der Waals surface area contributed by atoms with Crippen LogP contribution < -0.4 is 20.1 Å². The Bertz CT molecular complexity index is 692. The number of nitrogens with one attached hydrogen (secondary N) is 2. The molecule has 1 heterocycles. The number of ether oxygens (including phenoxy) is 3. The summed E-state index contributed by atoms with van der Waals surface area (Å²) in [5.41, 5.74) is 0.848. The van der Waals surface area contributed by atoms with Crippen LogP contribution in [-0.4, -0.2) is 70.4 Å². The molecule has 0 saturated carbocycles. The van der Waals surface area contributed by atoms with Crippen LogP contribution in [0.5, 0.6) is 11.5 Å². The van der Waals surface area contributed by atoms with Gasteiger partial charge in [0.1, 0.15) is 0 Å². The molecule has 1 aliphatic rings. The molecule has 0 fully saturated rings. The van der Waals surface area contributed by atoms with Crippen molar-refractivity contribution in [1.82, 2.24) is 10.2 Å². The summed E-state index contributed by atoms with van der Waals surface area (Å²) < 4.78 is 17.1. The molecule has 0 aromatic heterocycles. The van der Waals surface area contributed by atoms with E-state index in [1.165, 1.54) is 0 Å². The molecule has 0 aliphatic carbocycles. The first kappa shape index (κ1) is 23.8. The standard InChI is InChI=1S/C22H36N4O4/c1-17(2)16-28-12-5-10-23-22(24-11-9-21(27)26(3)4)25-18-7-8-19-20(15-18)30-14-6-13-29-19/h7-8,15,17H,5-6,9-14,16H2,1-4H3,(H2,23,24,25). The van der Waals surface area contributed by atoms with Gasteiger partial charge in [0.25, 0.3) is 0 Å². The summed E-state index contributed by atoms with van der Waals surface area (Å²) in [6, 6.07) is 5.74. The zero-order valence-electron chi connectivity index (χ0n) is 18.7. The molecule has 0 bridgehead atoms. The van der Waals surface area contributed by atoms with E-state index in [1.54, 1.807) is 19.0 Å². The smallest absolute Gasteiger partial charge is 0.223 e. The lowest BCUT2D eigenvalue weighted by molar-refractivity contribution is -0.128. The molecule has 0 unspecified atom stereocenters. The van der Waals surface area contributed by atoms with E-state index < -0.39 is 0 Å². The van der Waals surface area contributed by atoms with Gasteiger partial charge >= 0.3 is 0 Å². The summed E-state index contributed by atoms with van der Waals surface area (Å²) in [5.74, 6) is 2.70. The van der Waals surface area contributed by atoms with Gasteiger partial charge in [0.05, 0.1) is 13.2 Å². The van der Waals surface area contributed by atoms with Crippen LogP contribution in [-0.2, 0) is 9.53 Å². The summed E-state index contributed by atoms with van der Waals surface area (Å²) in [5, 5.41) is 6.53. The van der Waals surface area contributed by atoms with Crippen molar-refractivity contribution in [3.05, 3.63) is 18.2 Å². The number of nitrogens with zero attached hydrogens (tertiary/aromatic N) is 2. The first-order valence-electron chi connectivity index (χ1n) is 10.7. The van der Waals surface area contributed by atoms with Crippen molar-refractivity contribution in [3.8, 4) is 11.5 Å². The van der Waals surface area contributed by atoms with Gasteiger partial charge in [-0.05, 0) is 24.5 Å². The minimum absolute atomic E-state index is 0.0690. The number of carbonyl (C=O) groups is 1. The van der Waals surface area contributed by atoms with Crippen molar-refractivity contribution in [3.63, 3.8) is 0 Å². The molecule has 8 nitrogen and oxygen atoms in total. The molecule has 2 N–H and O–H groups in total. The molecule has 0 saturated heterocycles. The molecule has 1 aromatic carbocycles. The highest BCUT2D eigenvalue weighted by atomic mass is 16.5. The predicted octanol–water partition coefficient (Wildman–Crippen LogP) is 2.75. The summed E-state index contributed by atoms with van der Waals surface area (Å²) >= 11 is 0. The Kier molecular flexibility index (Phi) is 10.3. The van der Waals surface area contributed by atoms with Crippen molar-refractivity contribution in [2.24, 2.45) is 10.9 Å². The highest BCUT2D eigenvalue weighted by Gasteiger charge is 2.12. The third kappa shape index (κ3) is 8.90. The quantitative estimate of drug-likeness (QED) is 0.344. The van der Waals surface area contributed by atoms with E-state index in [1.807, 2.05) is 18.2 Å². The average Bonchev–Trinajstić information content (AvgIpc) is 2.94. The molecule has 0 atom stereocenters. The van der Waals surface area contributed by atoms with Crippen LogP contribution >= 0.6 is 0 Å². The van der Waals surface area contributed by atoms with E-state index in [2.05, 4.69) is 29.5 Å². The van der Waals surface area contributed by atoms with Crippen molar-refractivity contribution in [2.45, 2.75) is 33.1 Å². The Labute approximate surface area is 180 Å². The van der Waals surface area contributed by atoms with Crippen LogP contribution in [0.15, 0.2) is 23.2 Å².